The van der Waals surface area contributed by atoms with Crippen LogP contribution in [0.15, 0.2) is 65.4 Å². The minimum Gasteiger partial charge on any atom is -0.366 e. The predicted molar refractivity (Wildman–Crippen MR) is 163 cm³/mol. The fourth-order valence-electron chi connectivity index (χ4n) is 4.49. The minimum atomic E-state index is -0.464. The van der Waals surface area contributed by atoms with Crippen LogP contribution in [0.4, 0.5) is 5.69 Å². The molecule has 0 aliphatic carbocycles. The number of hydrogen-bond donors (Lipinski definition) is 3. The molecule has 5 N–H and O–H groups in total. The second-order valence-corrected chi connectivity index (χ2v) is 9.90. The first kappa shape index (κ1) is 31.8. The van der Waals surface area contributed by atoms with Gasteiger partial charge in [-0.25, -0.2) is 5.01 Å². The number of carbonyl (C=O) groups excluding carboxylic acids is 2. The van der Waals surface area contributed by atoms with Crippen molar-refractivity contribution in [3.8, 4) is 0 Å². The molecule has 0 bridgehead atoms. The molecule has 1 unspecified atom stereocenters. The van der Waals surface area contributed by atoms with Crippen LogP contribution in [0.1, 0.15) is 107 Å². The molecule has 0 aromatic heterocycles. The van der Waals surface area contributed by atoms with Crippen molar-refractivity contribution in [2.24, 2.45) is 16.6 Å². The Balaban J connectivity index is 0.000000673. The molecule has 1 aliphatic rings. The van der Waals surface area contributed by atoms with E-state index in [-0.39, 0.29) is 11.9 Å². The monoisotopic (exact) mass is 533 g/mol. The van der Waals surface area contributed by atoms with E-state index < -0.39 is 5.91 Å². The maximum atomic E-state index is 13.3. The lowest BCUT2D eigenvalue weighted by Gasteiger charge is -2.25. The van der Waals surface area contributed by atoms with Crippen molar-refractivity contribution in [1.29, 1.82) is 0 Å². The Labute approximate surface area is 234 Å². The molecule has 7 nitrogen and oxygen atoms in total. The molecule has 0 radical (unpaired) electrons. The van der Waals surface area contributed by atoms with Gasteiger partial charge >= 0.3 is 0 Å². The van der Waals surface area contributed by atoms with Crippen molar-refractivity contribution in [3.63, 3.8) is 0 Å². The van der Waals surface area contributed by atoms with Gasteiger partial charge in [0.15, 0.2) is 0 Å². The van der Waals surface area contributed by atoms with E-state index in [1.54, 1.807) is 23.3 Å². The zero-order chi connectivity index (χ0) is 28.6. The average molecular weight is 534 g/mol. The first-order valence-corrected chi connectivity index (χ1v) is 14.4. The lowest BCUT2D eigenvalue weighted by molar-refractivity contribution is -0.128. The number of carbonyl (C=O) groups is 2. The number of unbranched alkanes of at least 4 members (excludes halogenated alkanes) is 5. The summed E-state index contributed by atoms with van der Waals surface area (Å²) < 4.78 is 0. The Morgan fingerprint density at radius 1 is 0.974 bits per heavy atom. The van der Waals surface area contributed by atoms with Crippen LogP contribution in [-0.4, -0.2) is 29.1 Å². The van der Waals surface area contributed by atoms with Gasteiger partial charge in [0, 0.05) is 17.5 Å². The van der Waals surface area contributed by atoms with Crippen LogP contribution in [-0.2, 0) is 11.2 Å². The Morgan fingerprint density at radius 2 is 1.64 bits per heavy atom. The number of amides is 2. The molecule has 0 saturated heterocycles. The molecular formula is C32H47N5O2. The van der Waals surface area contributed by atoms with Crippen LogP contribution in [0.2, 0.25) is 0 Å². The largest absolute Gasteiger partial charge is 0.366 e. The van der Waals surface area contributed by atoms with Gasteiger partial charge in [-0.05, 0) is 62.1 Å². The maximum Gasteiger partial charge on any atom is 0.277 e. The molecule has 0 fully saturated rings. The van der Waals surface area contributed by atoms with E-state index in [0.29, 0.717) is 16.8 Å². The fraction of sp³-hybridized carbons (Fsp3) is 0.469. The Bertz CT molecular complexity index is 1100. The number of anilines is 1. The standard InChI is InChI=1S/C26H32N4O2.C6H15N/c1-4-6-7-12-24(20-13-15-21(16-14-20)25(27)31)30-26(32)22(18(3)29-30)17-28-23-11-9-8-10-19(23)5-2;1-2-3-4-5-6-7/h8-11,13-17,24,28H,4-7,12H2,1-3H3,(H2,27,31);2-7H2,1H3/b22-17+;. The number of hydrazone groups is 1. The molecule has 2 aromatic carbocycles. The molecule has 0 saturated carbocycles. The molecule has 7 heteroatoms. The number of rotatable bonds is 14. The van der Waals surface area contributed by atoms with Gasteiger partial charge in [-0.3, -0.25) is 9.59 Å². The zero-order valence-electron chi connectivity index (χ0n) is 24.2. The van der Waals surface area contributed by atoms with Gasteiger partial charge in [0.2, 0.25) is 5.91 Å². The van der Waals surface area contributed by atoms with Crippen LogP contribution >= 0.6 is 0 Å². The Hall–Kier alpha value is -3.45. The Morgan fingerprint density at radius 3 is 2.26 bits per heavy atom. The van der Waals surface area contributed by atoms with Crippen LogP contribution in [0.5, 0.6) is 0 Å². The summed E-state index contributed by atoms with van der Waals surface area (Å²) in [7, 11) is 0. The van der Waals surface area contributed by atoms with Crippen LogP contribution < -0.4 is 16.8 Å². The number of primary amides is 1. The number of nitrogens with two attached hydrogens (primary N) is 2. The number of para-hydroxylation sites is 1. The van der Waals surface area contributed by atoms with E-state index in [1.807, 2.05) is 37.3 Å². The third-order valence-corrected chi connectivity index (χ3v) is 6.87. The highest BCUT2D eigenvalue weighted by Crippen LogP contribution is 2.32. The van der Waals surface area contributed by atoms with Gasteiger partial charge in [0.05, 0.1) is 17.3 Å². The van der Waals surface area contributed by atoms with Crippen LogP contribution in [0, 0.1) is 0 Å². The van der Waals surface area contributed by atoms with Gasteiger partial charge in [-0.2, -0.15) is 5.10 Å². The Kier molecular flexibility index (Phi) is 14.0. The zero-order valence-corrected chi connectivity index (χ0v) is 24.2. The lowest BCUT2D eigenvalue weighted by atomic mass is 9.98. The summed E-state index contributed by atoms with van der Waals surface area (Å²) in [6, 6.07) is 15.0. The second kappa shape index (κ2) is 17.2. The van der Waals surface area contributed by atoms with E-state index in [2.05, 4.69) is 37.3 Å². The molecular weight excluding hydrogens is 486 g/mol. The summed E-state index contributed by atoms with van der Waals surface area (Å²) in [6.07, 6.45) is 11.8. The summed E-state index contributed by atoms with van der Waals surface area (Å²) in [5.41, 5.74) is 15.5. The molecule has 2 aromatic rings. The van der Waals surface area contributed by atoms with Gasteiger partial charge in [0.25, 0.3) is 5.91 Å². The van der Waals surface area contributed by atoms with Crippen LogP contribution in [0.3, 0.4) is 0 Å². The summed E-state index contributed by atoms with van der Waals surface area (Å²) >= 11 is 0. The highest BCUT2D eigenvalue weighted by atomic mass is 16.2. The van der Waals surface area contributed by atoms with E-state index >= 15 is 0 Å². The van der Waals surface area contributed by atoms with Crippen molar-refractivity contribution in [1.82, 2.24) is 5.01 Å². The van der Waals surface area contributed by atoms with Crippen LogP contribution in [0.25, 0.3) is 0 Å². The number of aryl methyl sites for hydroxylation is 1. The first-order valence-electron chi connectivity index (χ1n) is 14.4. The van der Waals surface area contributed by atoms with Crippen molar-refractivity contribution < 1.29 is 9.59 Å². The summed E-state index contributed by atoms with van der Waals surface area (Å²) in [6.45, 7) is 9.18. The number of benzene rings is 2. The fourth-order valence-corrected chi connectivity index (χ4v) is 4.49. The molecule has 1 heterocycles. The maximum absolute atomic E-state index is 13.3. The van der Waals surface area contributed by atoms with E-state index in [9.17, 15) is 9.59 Å². The third-order valence-electron chi connectivity index (χ3n) is 6.87. The topological polar surface area (TPSA) is 114 Å². The molecule has 1 atom stereocenters. The first-order chi connectivity index (χ1) is 18.9. The highest BCUT2D eigenvalue weighted by molar-refractivity contribution is 6.24. The molecule has 2 amide bonds. The van der Waals surface area contributed by atoms with Gasteiger partial charge < -0.3 is 16.8 Å². The van der Waals surface area contributed by atoms with E-state index in [0.717, 1.165) is 49.9 Å². The quantitative estimate of drug-likeness (QED) is 0.185. The lowest BCUT2D eigenvalue weighted by Crippen LogP contribution is -2.28. The molecule has 39 heavy (non-hydrogen) atoms. The second-order valence-electron chi connectivity index (χ2n) is 9.90. The van der Waals surface area contributed by atoms with E-state index in [4.69, 9.17) is 11.5 Å². The molecule has 1 aliphatic heterocycles. The third kappa shape index (κ3) is 9.66. The molecule has 0 spiro atoms. The summed E-state index contributed by atoms with van der Waals surface area (Å²) in [5.74, 6) is -0.585. The van der Waals surface area contributed by atoms with Crippen molar-refractivity contribution in [2.45, 2.75) is 91.5 Å². The highest BCUT2D eigenvalue weighted by Gasteiger charge is 2.33. The molecule has 3 rings (SSSR count). The number of nitrogens with zero attached hydrogens (tertiary/aromatic N) is 2. The minimum absolute atomic E-state index is 0.121. The van der Waals surface area contributed by atoms with Crippen molar-refractivity contribution >= 4 is 23.2 Å². The number of nitrogens with one attached hydrogen (secondary N) is 1. The van der Waals surface area contributed by atoms with Gasteiger partial charge in [-0.15, -0.1) is 0 Å². The normalized spacial score (nSPS) is 14.6. The summed E-state index contributed by atoms with van der Waals surface area (Å²) in [5, 5.41) is 9.50. The average Bonchev–Trinajstić information content (AvgIpc) is 3.23. The number of hydrogen-bond acceptors (Lipinski definition) is 5. The smallest absolute Gasteiger partial charge is 0.277 e. The van der Waals surface area contributed by atoms with Gasteiger partial charge in [-0.1, -0.05) is 89.6 Å². The van der Waals surface area contributed by atoms with Crippen molar-refractivity contribution in [2.75, 3.05) is 11.9 Å². The SMILES string of the molecule is CCCCCC(c1ccc(C(N)=O)cc1)N1N=C(C)/C(=C\Nc2ccccc2CC)C1=O.CCCCCCN. The van der Waals surface area contributed by atoms with Crippen molar-refractivity contribution in [3.05, 3.63) is 77.0 Å². The van der Waals surface area contributed by atoms with E-state index in [1.165, 1.54) is 31.2 Å². The molecule has 212 valence electrons. The predicted octanol–water partition coefficient (Wildman–Crippen LogP) is 6.71. The summed E-state index contributed by atoms with van der Waals surface area (Å²) in [4.78, 5) is 24.8. The van der Waals surface area contributed by atoms with Gasteiger partial charge in [0.1, 0.15) is 0 Å².